The van der Waals surface area contributed by atoms with Crippen LogP contribution in [0.3, 0.4) is 0 Å². The van der Waals surface area contributed by atoms with Gasteiger partial charge in [0.1, 0.15) is 5.75 Å². The molecule has 18 heavy (non-hydrogen) atoms. The first kappa shape index (κ1) is 13.3. The van der Waals surface area contributed by atoms with Gasteiger partial charge in [0.25, 0.3) is 0 Å². The number of nitrogens with zero attached hydrogens (tertiary/aromatic N) is 1. The zero-order chi connectivity index (χ0) is 13.2. The molecule has 100 valence electrons. The topological polar surface area (TPSA) is 66.8 Å². The van der Waals surface area contributed by atoms with Gasteiger partial charge < -0.3 is 9.84 Å². The zero-order valence-corrected chi connectivity index (χ0v) is 11.1. The van der Waals surface area contributed by atoms with E-state index >= 15 is 0 Å². The predicted molar refractivity (Wildman–Crippen MR) is 66.9 cm³/mol. The fourth-order valence-corrected chi connectivity index (χ4v) is 3.70. The average molecular weight is 271 g/mol. The van der Waals surface area contributed by atoms with Crippen LogP contribution in [0.1, 0.15) is 13.3 Å². The predicted octanol–water partition coefficient (Wildman–Crippen LogP) is 1.19. The Hall–Kier alpha value is -1.11. The van der Waals surface area contributed by atoms with E-state index in [1.165, 1.54) is 28.6 Å². The summed E-state index contributed by atoms with van der Waals surface area (Å²) in [6, 6.07) is 5.50. The van der Waals surface area contributed by atoms with Gasteiger partial charge in [0.2, 0.25) is 10.0 Å². The van der Waals surface area contributed by atoms with Crippen molar-refractivity contribution in [2.75, 3.05) is 19.8 Å². The molecule has 0 aromatic heterocycles. The van der Waals surface area contributed by atoms with Crippen molar-refractivity contribution in [3.63, 3.8) is 0 Å². The van der Waals surface area contributed by atoms with Crippen LogP contribution >= 0.6 is 0 Å². The van der Waals surface area contributed by atoms with Gasteiger partial charge in [-0.1, -0.05) is 6.92 Å². The lowest BCUT2D eigenvalue weighted by molar-refractivity contribution is 0.0314. The van der Waals surface area contributed by atoms with E-state index in [2.05, 4.69) is 0 Å². The molecule has 1 unspecified atom stereocenters. The van der Waals surface area contributed by atoms with Crippen LogP contribution in [0.25, 0.3) is 0 Å². The minimum atomic E-state index is -3.50. The lowest BCUT2D eigenvalue weighted by Gasteiger charge is -2.33. The molecule has 1 atom stereocenters. The highest BCUT2D eigenvalue weighted by Gasteiger charge is 2.32. The van der Waals surface area contributed by atoms with E-state index in [0.29, 0.717) is 19.8 Å². The summed E-state index contributed by atoms with van der Waals surface area (Å²) in [4.78, 5) is 0.209. The van der Waals surface area contributed by atoms with Crippen molar-refractivity contribution in [2.45, 2.75) is 24.3 Å². The van der Waals surface area contributed by atoms with Crippen molar-refractivity contribution in [3.8, 4) is 5.75 Å². The van der Waals surface area contributed by atoms with E-state index in [-0.39, 0.29) is 16.7 Å². The van der Waals surface area contributed by atoms with Crippen molar-refractivity contribution >= 4 is 10.0 Å². The van der Waals surface area contributed by atoms with E-state index < -0.39 is 10.0 Å². The number of morpholine rings is 1. The highest BCUT2D eigenvalue weighted by molar-refractivity contribution is 7.89. The average Bonchev–Trinajstić information content (AvgIpc) is 2.39. The molecule has 1 aliphatic heterocycles. The van der Waals surface area contributed by atoms with Crippen molar-refractivity contribution in [1.29, 1.82) is 0 Å². The van der Waals surface area contributed by atoms with Crippen LogP contribution < -0.4 is 0 Å². The van der Waals surface area contributed by atoms with Gasteiger partial charge in [-0.2, -0.15) is 4.31 Å². The largest absolute Gasteiger partial charge is 0.508 e. The van der Waals surface area contributed by atoms with Crippen molar-refractivity contribution in [2.24, 2.45) is 0 Å². The summed E-state index contributed by atoms with van der Waals surface area (Å²) >= 11 is 0. The summed E-state index contributed by atoms with van der Waals surface area (Å²) in [5.74, 6) is 0.0583. The molecule has 5 nitrogen and oxygen atoms in total. The van der Waals surface area contributed by atoms with E-state index in [9.17, 15) is 13.5 Å². The summed E-state index contributed by atoms with van der Waals surface area (Å²) in [6.45, 7) is 3.18. The molecule has 0 bridgehead atoms. The first-order valence-electron chi connectivity index (χ1n) is 5.94. The Morgan fingerprint density at radius 1 is 1.39 bits per heavy atom. The molecule has 1 aliphatic rings. The van der Waals surface area contributed by atoms with Crippen LogP contribution in [-0.2, 0) is 14.8 Å². The smallest absolute Gasteiger partial charge is 0.243 e. The van der Waals surface area contributed by atoms with Crippen LogP contribution in [0.4, 0.5) is 0 Å². The van der Waals surface area contributed by atoms with Crippen LogP contribution in [0.15, 0.2) is 29.2 Å². The Morgan fingerprint density at radius 2 is 2.06 bits per heavy atom. The fourth-order valence-electron chi connectivity index (χ4n) is 2.03. The Kier molecular flexibility index (Phi) is 3.89. The van der Waals surface area contributed by atoms with Gasteiger partial charge in [-0.3, -0.25) is 0 Å². The number of benzene rings is 1. The maximum atomic E-state index is 12.5. The molecule has 1 fully saturated rings. The van der Waals surface area contributed by atoms with Gasteiger partial charge in [-0.25, -0.2) is 8.42 Å². The van der Waals surface area contributed by atoms with Crippen LogP contribution in [0.2, 0.25) is 0 Å². The van der Waals surface area contributed by atoms with Gasteiger partial charge in [-0.05, 0) is 30.7 Å². The number of hydrogen-bond acceptors (Lipinski definition) is 4. The normalized spacial score (nSPS) is 21.9. The minimum Gasteiger partial charge on any atom is -0.508 e. The number of hydrogen-bond donors (Lipinski definition) is 1. The van der Waals surface area contributed by atoms with Gasteiger partial charge >= 0.3 is 0 Å². The molecule has 0 aliphatic carbocycles. The van der Waals surface area contributed by atoms with E-state index in [4.69, 9.17) is 4.74 Å². The van der Waals surface area contributed by atoms with Crippen LogP contribution in [-0.4, -0.2) is 43.6 Å². The molecule has 0 spiro atoms. The third-order valence-corrected chi connectivity index (χ3v) is 5.05. The van der Waals surface area contributed by atoms with Crippen LogP contribution in [0.5, 0.6) is 5.75 Å². The highest BCUT2D eigenvalue weighted by Crippen LogP contribution is 2.23. The van der Waals surface area contributed by atoms with E-state index in [0.717, 1.165) is 6.42 Å². The first-order chi connectivity index (χ1) is 8.55. The molecule has 1 N–H and O–H groups in total. The molecule has 1 aromatic carbocycles. The van der Waals surface area contributed by atoms with Gasteiger partial charge in [0.15, 0.2) is 0 Å². The number of ether oxygens (including phenoxy) is 1. The number of phenolic OH excluding ortho intramolecular Hbond substituents is 1. The highest BCUT2D eigenvalue weighted by atomic mass is 32.2. The van der Waals surface area contributed by atoms with Crippen molar-refractivity contribution in [1.82, 2.24) is 4.31 Å². The molecule has 0 saturated carbocycles. The molecule has 6 heteroatoms. The third-order valence-electron chi connectivity index (χ3n) is 3.09. The molecule has 1 saturated heterocycles. The Balaban J connectivity index is 2.32. The standard InChI is InChI=1S/C12H17NO4S/c1-2-10-9-17-8-7-13(10)18(15,16)12-5-3-11(14)4-6-12/h3-6,10,14H,2,7-9H2,1H3. The van der Waals surface area contributed by atoms with Crippen LogP contribution in [0, 0.1) is 0 Å². The number of aromatic hydroxyl groups is 1. The van der Waals surface area contributed by atoms with Gasteiger partial charge in [0, 0.05) is 12.6 Å². The van der Waals surface area contributed by atoms with Gasteiger partial charge in [-0.15, -0.1) is 0 Å². The summed E-state index contributed by atoms with van der Waals surface area (Å²) in [6.07, 6.45) is 0.720. The Labute approximate surface area is 107 Å². The number of rotatable bonds is 3. The fraction of sp³-hybridized carbons (Fsp3) is 0.500. The molecular weight excluding hydrogens is 254 g/mol. The number of phenols is 1. The summed E-state index contributed by atoms with van der Waals surface area (Å²) < 4.78 is 31.7. The minimum absolute atomic E-state index is 0.0583. The quantitative estimate of drug-likeness (QED) is 0.896. The summed E-state index contributed by atoms with van der Waals surface area (Å²) in [5.41, 5.74) is 0. The van der Waals surface area contributed by atoms with Gasteiger partial charge in [0.05, 0.1) is 18.1 Å². The molecule has 0 amide bonds. The summed E-state index contributed by atoms with van der Waals surface area (Å²) in [5, 5.41) is 9.20. The second-order valence-corrected chi connectivity index (χ2v) is 6.14. The maximum Gasteiger partial charge on any atom is 0.243 e. The SMILES string of the molecule is CCC1COCCN1S(=O)(=O)c1ccc(O)cc1. The number of sulfonamides is 1. The Morgan fingerprint density at radius 3 is 2.67 bits per heavy atom. The molecule has 0 radical (unpaired) electrons. The lowest BCUT2D eigenvalue weighted by atomic mass is 10.2. The summed E-state index contributed by atoms with van der Waals surface area (Å²) in [7, 11) is -3.50. The third kappa shape index (κ3) is 2.50. The van der Waals surface area contributed by atoms with Crippen molar-refractivity contribution in [3.05, 3.63) is 24.3 Å². The lowest BCUT2D eigenvalue weighted by Crippen LogP contribution is -2.48. The van der Waals surface area contributed by atoms with Crippen molar-refractivity contribution < 1.29 is 18.3 Å². The molecule has 2 rings (SSSR count). The monoisotopic (exact) mass is 271 g/mol. The maximum absolute atomic E-state index is 12.5. The zero-order valence-electron chi connectivity index (χ0n) is 10.2. The first-order valence-corrected chi connectivity index (χ1v) is 7.38. The molecule has 1 aromatic rings. The molecular formula is C12H17NO4S. The second-order valence-electron chi connectivity index (χ2n) is 4.25. The van der Waals surface area contributed by atoms with E-state index in [1.807, 2.05) is 6.92 Å². The molecule has 1 heterocycles. The second kappa shape index (κ2) is 5.26. The van der Waals surface area contributed by atoms with E-state index in [1.54, 1.807) is 0 Å². The Bertz CT molecular complexity index is 497.